The third-order valence-electron chi connectivity index (χ3n) is 2.80. The van der Waals surface area contributed by atoms with E-state index in [2.05, 4.69) is 24.5 Å². The van der Waals surface area contributed by atoms with Gasteiger partial charge in [-0.15, -0.1) is 0 Å². The first-order chi connectivity index (χ1) is 9.02. The molecular formula is C14H22N3O2+. The molecule has 104 valence electrons. The summed E-state index contributed by atoms with van der Waals surface area (Å²) in [6, 6.07) is 7.81. The van der Waals surface area contributed by atoms with Gasteiger partial charge in [0.15, 0.2) is 13.1 Å². The highest BCUT2D eigenvalue weighted by Gasteiger charge is 2.07. The number of rotatable bonds is 6. The molecular weight excluding hydrogens is 242 g/mol. The van der Waals surface area contributed by atoms with Gasteiger partial charge in [-0.25, -0.2) is 0 Å². The first-order valence-electron chi connectivity index (χ1n) is 6.45. The van der Waals surface area contributed by atoms with Crippen LogP contribution < -0.4 is 16.0 Å². The quantitative estimate of drug-likeness (QED) is 0.679. The molecule has 5 heteroatoms. The number of hydrogen-bond acceptors (Lipinski definition) is 2. The van der Waals surface area contributed by atoms with Crippen LogP contribution in [0.15, 0.2) is 24.3 Å². The average molecular weight is 264 g/mol. The lowest BCUT2D eigenvalue weighted by Gasteiger charge is -2.08. The Kier molecular flexibility index (Phi) is 6.02. The van der Waals surface area contributed by atoms with Crippen molar-refractivity contribution >= 4 is 17.5 Å². The average Bonchev–Trinajstić information content (AvgIpc) is 2.39. The lowest BCUT2D eigenvalue weighted by molar-refractivity contribution is -0.632. The van der Waals surface area contributed by atoms with E-state index in [4.69, 9.17) is 0 Å². The lowest BCUT2D eigenvalue weighted by atomic mass is 10.0. The van der Waals surface area contributed by atoms with Crippen LogP contribution >= 0.6 is 0 Å². The van der Waals surface area contributed by atoms with Gasteiger partial charge in [0, 0.05) is 12.7 Å². The molecule has 0 heterocycles. The van der Waals surface area contributed by atoms with Crippen molar-refractivity contribution in [2.75, 3.05) is 25.5 Å². The normalized spacial score (nSPS) is 10.3. The Hall–Kier alpha value is -1.88. The molecule has 1 aromatic rings. The zero-order valence-corrected chi connectivity index (χ0v) is 11.7. The van der Waals surface area contributed by atoms with Gasteiger partial charge in [-0.05, 0) is 23.6 Å². The third kappa shape index (κ3) is 5.52. The van der Waals surface area contributed by atoms with Gasteiger partial charge in [-0.1, -0.05) is 26.0 Å². The highest BCUT2D eigenvalue weighted by Crippen LogP contribution is 2.16. The summed E-state index contributed by atoms with van der Waals surface area (Å²) in [4.78, 5) is 22.6. The third-order valence-corrected chi connectivity index (χ3v) is 2.80. The summed E-state index contributed by atoms with van der Waals surface area (Å²) in [6.45, 7) is 4.75. The summed E-state index contributed by atoms with van der Waals surface area (Å²) in [5.74, 6) is 0.279. The zero-order valence-electron chi connectivity index (χ0n) is 11.7. The van der Waals surface area contributed by atoms with Crippen molar-refractivity contribution in [3.63, 3.8) is 0 Å². The molecule has 0 atom stereocenters. The van der Waals surface area contributed by atoms with Crippen molar-refractivity contribution in [2.24, 2.45) is 0 Å². The van der Waals surface area contributed by atoms with Gasteiger partial charge in [0.1, 0.15) is 0 Å². The van der Waals surface area contributed by atoms with Gasteiger partial charge in [-0.2, -0.15) is 0 Å². The summed E-state index contributed by atoms with van der Waals surface area (Å²) in [5, 5.41) is 6.96. The van der Waals surface area contributed by atoms with E-state index in [1.54, 1.807) is 12.4 Å². The minimum atomic E-state index is -0.110. The van der Waals surface area contributed by atoms with E-state index in [0.29, 0.717) is 5.92 Å². The molecule has 0 spiro atoms. The second-order valence-electron chi connectivity index (χ2n) is 4.69. The molecule has 0 bridgehead atoms. The van der Waals surface area contributed by atoms with Crippen LogP contribution in [0.1, 0.15) is 25.3 Å². The Labute approximate surface area is 113 Å². The van der Waals surface area contributed by atoms with Crippen molar-refractivity contribution in [1.29, 1.82) is 0 Å². The van der Waals surface area contributed by atoms with E-state index in [-0.39, 0.29) is 24.9 Å². The van der Waals surface area contributed by atoms with Gasteiger partial charge >= 0.3 is 0 Å². The van der Waals surface area contributed by atoms with Gasteiger partial charge in [-0.3, -0.25) is 9.59 Å². The van der Waals surface area contributed by atoms with Crippen molar-refractivity contribution in [2.45, 2.75) is 19.8 Å². The van der Waals surface area contributed by atoms with E-state index >= 15 is 0 Å². The standard InChI is InChI=1S/C14H21N3O2/c1-10(2)11-4-6-12(7-5-11)17-14(19)9-16-8-13(18)15-3/h4-7,10,16H,8-9H2,1-3H3,(H,15,18)(H,17,19)/p+1. The number of amides is 2. The molecule has 0 aromatic heterocycles. The van der Waals surface area contributed by atoms with Crippen molar-refractivity contribution in [1.82, 2.24) is 5.32 Å². The number of hydrogen-bond donors (Lipinski definition) is 3. The molecule has 0 saturated carbocycles. The minimum Gasteiger partial charge on any atom is -0.354 e. The fourth-order valence-electron chi connectivity index (χ4n) is 1.60. The molecule has 1 rings (SSSR count). The maximum absolute atomic E-state index is 11.6. The molecule has 4 N–H and O–H groups in total. The number of likely N-dealkylation sites (N-methyl/N-ethyl adjacent to an activating group) is 1. The number of nitrogens with one attached hydrogen (secondary N) is 2. The zero-order chi connectivity index (χ0) is 14.3. The molecule has 0 radical (unpaired) electrons. The smallest absolute Gasteiger partial charge is 0.279 e. The molecule has 1 aromatic carbocycles. The summed E-state index contributed by atoms with van der Waals surface area (Å²) < 4.78 is 0. The van der Waals surface area contributed by atoms with Crippen LogP contribution in [0.25, 0.3) is 0 Å². The van der Waals surface area contributed by atoms with Gasteiger partial charge < -0.3 is 16.0 Å². The van der Waals surface area contributed by atoms with Crippen LogP contribution in [0.2, 0.25) is 0 Å². The Morgan fingerprint density at radius 2 is 1.68 bits per heavy atom. The predicted octanol–water partition coefficient (Wildman–Crippen LogP) is 0.0579. The maximum Gasteiger partial charge on any atom is 0.279 e. The van der Waals surface area contributed by atoms with E-state index < -0.39 is 0 Å². The van der Waals surface area contributed by atoms with E-state index in [9.17, 15) is 9.59 Å². The summed E-state index contributed by atoms with van der Waals surface area (Å²) in [5.41, 5.74) is 2.02. The van der Waals surface area contributed by atoms with Crippen LogP contribution in [0.5, 0.6) is 0 Å². The van der Waals surface area contributed by atoms with Gasteiger partial charge in [0.05, 0.1) is 0 Å². The summed E-state index contributed by atoms with van der Waals surface area (Å²) in [7, 11) is 1.58. The Balaban J connectivity index is 2.38. The Morgan fingerprint density at radius 1 is 1.11 bits per heavy atom. The Morgan fingerprint density at radius 3 is 2.21 bits per heavy atom. The number of quaternary nitrogens is 1. The molecule has 0 unspecified atom stereocenters. The molecule has 19 heavy (non-hydrogen) atoms. The fourth-order valence-corrected chi connectivity index (χ4v) is 1.60. The van der Waals surface area contributed by atoms with Crippen LogP contribution in [0.3, 0.4) is 0 Å². The largest absolute Gasteiger partial charge is 0.354 e. The number of benzene rings is 1. The van der Waals surface area contributed by atoms with E-state index in [0.717, 1.165) is 5.69 Å². The fraction of sp³-hybridized carbons (Fsp3) is 0.429. The molecule has 0 aliphatic carbocycles. The highest BCUT2D eigenvalue weighted by atomic mass is 16.2. The minimum absolute atomic E-state index is 0.0888. The summed E-state index contributed by atoms with van der Waals surface area (Å²) >= 11 is 0. The number of anilines is 1. The number of carbonyl (C=O) groups is 2. The second kappa shape index (κ2) is 7.53. The second-order valence-corrected chi connectivity index (χ2v) is 4.69. The maximum atomic E-state index is 11.6. The first kappa shape index (κ1) is 15.2. The van der Waals surface area contributed by atoms with Crippen LogP contribution in [0.4, 0.5) is 5.69 Å². The van der Waals surface area contributed by atoms with Crippen LogP contribution in [0, 0.1) is 0 Å². The number of carbonyl (C=O) groups excluding carboxylic acids is 2. The molecule has 0 saturated heterocycles. The molecule has 0 aliphatic rings. The molecule has 0 fully saturated rings. The predicted molar refractivity (Wildman–Crippen MR) is 74.9 cm³/mol. The number of nitrogens with two attached hydrogens (primary N) is 1. The van der Waals surface area contributed by atoms with Crippen molar-refractivity contribution in [3.05, 3.63) is 29.8 Å². The van der Waals surface area contributed by atoms with E-state index in [1.165, 1.54) is 5.56 Å². The van der Waals surface area contributed by atoms with Crippen molar-refractivity contribution in [3.8, 4) is 0 Å². The Bertz CT molecular complexity index is 427. The lowest BCUT2D eigenvalue weighted by Crippen LogP contribution is -2.88. The van der Waals surface area contributed by atoms with Crippen molar-refractivity contribution < 1.29 is 14.9 Å². The van der Waals surface area contributed by atoms with E-state index in [1.807, 2.05) is 24.3 Å². The van der Waals surface area contributed by atoms with Gasteiger partial charge in [0.2, 0.25) is 0 Å². The first-order valence-corrected chi connectivity index (χ1v) is 6.45. The topological polar surface area (TPSA) is 74.8 Å². The SMILES string of the molecule is CNC(=O)C[NH2+]CC(=O)Nc1ccc(C(C)C)cc1. The van der Waals surface area contributed by atoms with Crippen LogP contribution in [-0.4, -0.2) is 32.0 Å². The highest BCUT2D eigenvalue weighted by molar-refractivity contribution is 5.91. The monoisotopic (exact) mass is 264 g/mol. The molecule has 0 aliphatic heterocycles. The molecule has 5 nitrogen and oxygen atoms in total. The van der Waals surface area contributed by atoms with Gasteiger partial charge in [0.25, 0.3) is 11.8 Å². The molecule has 2 amide bonds. The van der Waals surface area contributed by atoms with Crippen LogP contribution in [-0.2, 0) is 9.59 Å². The summed E-state index contributed by atoms with van der Waals surface area (Å²) in [6.07, 6.45) is 0.